The van der Waals surface area contributed by atoms with Crippen LogP contribution in [0.4, 0.5) is 0 Å². The molecule has 94 valence electrons. The fraction of sp³-hybridized carbons (Fsp3) is 0.833. The standard InChI is InChI=1S/C8H17.C4H9NS2.Zn/c1-3-5-7-8-6-4-2;1-3(2)7-4(5)6;/h1,3-8H2,2H3;3H,1-2H3,(H2,5,6);/q-1;;. The molecule has 0 saturated carbocycles. The van der Waals surface area contributed by atoms with Crippen LogP contribution in [0.15, 0.2) is 0 Å². The van der Waals surface area contributed by atoms with Crippen molar-refractivity contribution in [2.24, 2.45) is 5.73 Å². The third kappa shape index (κ3) is 29.4. The Morgan fingerprint density at radius 1 is 1.25 bits per heavy atom. The molecule has 0 atom stereocenters. The van der Waals surface area contributed by atoms with Crippen LogP contribution in [0.5, 0.6) is 0 Å². The molecule has 0 aliphatic carbocycles. The van der Waals surface area contributed by atoms with E-state index >= 15 is 0 Å². The first-order chi connectivity index (χ1) is 7.04. The van der Waals surface area contributed by atoms with Crippen molar-refractivity contribution < 1.29 is 19.5 Å². The average Bonchev–Trinajstić information content (AvgIpc) is 2.11. The van der Waals surface area contributed by atoms with Gasteiger partial charge in [0.05, 0.1) is 0 Å². The number of thiocarbonyl (C=S) groups is 1. The number of unbranched alkanes of at least 4 members (excludes halogenated alkanes) is 5. The Bertz CT molecular complexity index is 135. The molecule has 0 unspecified atom stereocenters. The Hall–Kier alpha value is 0.863. The van der Waals surface area contributed by atoms with E-state index in [4.69, 9.17) is 5.73 Å². The van der Waals surface area contributed by atoms with Crippen LogP contribution in [0, 0.1) is 6.92 Å². The minimum atomic E-state index is 0. The van der Waals surface area contributed by atoms with E-state index in [9.17, 15) is 0 Å². The van der Waals surface area contributed by atoms with Gasteiger partial charge >= 0.3 is 0 Å². The fourth-order valence-corrected chi connectivity index (χ4v) is 2.05. The molecule has 0 aliphatic heterocycles. The summed E-state index contributed by atoms with van der Waals surface area (Å²) in [7, 11) is 0. The SMILES string of the molecule is CC(C)SC(N)=S.[CH2-]CCCCCCC.[Zn]. The van der Waals surface area contributed by atoms with Gasteiger partial charge in [-0.05, 0) is 0 Å². The first kappa shape index (κ1) is 22.1. The van der Waals surface area contributed by atoms with E-state index in [1.807, 2.05) is 0 Å². The minimum absolute atomic E-state index is 0. The minimum Gasteiger partial charge on any atom is -0.385 e. The molecular weight excluding hydrogens is 288 g/mol. The van der Waals surface area contributed by atoms with Crippen LogP contribution in [0.25, 0.3) is 0 Å². The van der Waals surface area contributed by atoms with E-state index in [1.54, 1.807) is 0 Å². The molecule has 0 radical (unpaired) electrons. The first-order valence-electron chi connectivity index (χ1n) is 5.79. The monoisotopic (exact) mass is 312 g/mol. The third-order valence-electron chi connectivity index (χ3n) is 1.71. The van der Waals surface area contributed by atoms with Crippen molar-refractivity contribution in [2.75, 3.05) is 0 Å². The van der Waals surface area contributed by atoms with Crippen molar-refractivity contribution in [1.82, 2.24) is 0 Å². The number of hydrogen-bond donors (Lipinski definition) is 1. The van der Waals surface area contributed by atoms with E-state index in [0.717, 1.165) is 6.42 Å². The van der Waals surface area contributed by atoms with Gasteiger partial charge in [0.25, 0.3) is 0 Å². The van der Waals surface area contributed by atoms with Gasteiger partial charge in [-0.15, -0.1) is 0 Å². The second kappa shape index (κ2) is 18.2. The largest absolute Gasteiger partial charge is 0.385 e. The molecule has 0 rings (SSSR count). The first-order valence-corrected chi connectivity index (χ1v) is 7.08. The molecule has 0 aromatic rings. The molecule has 16 heavy (non-hydrogen) atoms. The van der Waals surface area contributed by atoms with Crippen LogP contribution < -0.4 is 5.73 Å². The van der Waals surface area contributed by atoms with Gasteiger partial charge in [-0.25, -0.2) is 0 Å². The molecule has 0 aromatic carbocycles. The second-order valence-corrected chi connectivity index (χ2v) is 6.07. The van der Waals surface area contributed by atoms with E-state index < -0.39 is 0 Å². The fourth-order valence-electron chi connectivity index (χ4n) is 1.01. The number of rotatable bonds is 6. The summed E-state index contributed by atoms with van der Waals surface area (Å²) in [4.78, 5) is 0. The molecule has 1 nitrogen and oxygen atoms in total. The van der Waals surface area contributed by atoms with Gasteiger partial charge in [0.2, 0.25) is 0 Å². The molecule has 0 amide bonds. The molecule has 4 heteroatoms. The zero-order valence-electron chi connectivity index (χ0n) is 11.1. The summed E-state index contributed by atoms with van der Waals surface area (Å²) in [6, 6.07) is 0. The number of nitrogens with two attached hydrogens (primary N) is 1. The summed E-state index contributed by atoms with van der Waals surface area (Å²) in [6.07, 6.45) is 7.98. The van der Waals surface area contributed by atoms with Gasteiger partial charge in [-0.3, -0.25) is 0 Å². The molecule has 0 fully saturated rings. The summed E-state index contributed by atoms with van der Waals surface area (Å²) >= 11 is 6.13. The summed E-state index contributed by atoms with van der Waals surface area (Å²) in [6.45, 7) is 10.1. The molecule has 0 bridgehead atoms. The number of hydrogen-bond acceptors (Lipinski definition) is 2. The zero-order valence-corrected chi connectivity index (χ0v) is 15.7. The summed E-state index contributed by atoms with van der Waals surface area (Å²) in [5.41, 5.74) is 5.19. The summed E-state index contributed by atoms with van der Waals surface area (Å²) < 4.78 is 0.537. The Balaban J connectivity index is -0.000000200. The molecule has 0 saturated heterocycles. The smallest absolute Gasteiger partial charge is 0.131 e. The van der Waals surface area contributed by atoms with Gasteiger partial charge in [0.1, 0.15) is 4.32 Å². The van der Waals surface area contributed by atoms with Crippen LogP contribution in [0.2, 0.25) is 0 Å². The van der Waals surface area contributed by atoms with Crippen molar-refractivity contribution in [2.45, 2.75) is 64.5 Å². The van der Waals surface area contributed by atoms with E-state index in [0.29, 0.717) is 9.57 Å². The van der Waals surface area contributed by atoms with Crippen molar-refractivity contribution in [3.63, 3.8) is 0 Å². The van der Waals surface area contributed by atoms with Gasteiger partial charge in [-0.2, -0.15) is 6.42 Å². The Morgan fingerprint density at radius 2 is 1.75 bits per heavy atom. The van der Waals surface area contributed by atoms with Gasteiger partial charge in [0.15, 0.2) is 0 Å². The van der Waals surface area contributed by atoms with E-state index in [2.05, 4.69) is 39.9 Å². The van der Waals surface area contributed by atoms with Crippen LogP contribution in [-0.2, 0) is 19.5 Å². The van der Waals surface area contributed by atoms with Crippen LogP contribution in [-0.4, -0.2) is 9.57 Å². The molecule has 0 aliphatic rings. The van der Waals surface area contributed by atoms with E-state index in [1.165, 1.54) is 43.9 Å². The molecule has 0 spiro atoms. The summed E-state index contributed by atoms with van der Waals surface area (Å²) in [5, 5.41) is 0.525. The Morgan fingerprint density at radius 3 is 2.00 bits per heavy atom. The van der Waals surface area contributed by atoms with Crippen LogP contribution in [0.3, 0.4) is 0 Å². The maximum Gasteiger partial charge on any atom is 0.131 e. The molecule has 2 N–H and O–H groups in total. The summed E-state index contributed by atoms with van der Waals surface area (Å²) in [5.74, 6) is 0. The molecule has 0 aromatic heterocycles. The topological polar surface area (TPSA) is 26.0 Å². The quantitative estimate of drug-likeness (QED) is 0.337. The second-order valence-electron chi connectivity index (χ2n) is 3.75. The van der Waals surface area contributed by atoms with Crippen molar-refractivity contribution in [3.05, 3.63) is 6.92 Å². The maximum atomic E-state index is 5.19. The Labute approximate surface area is 124 Å². The van der Waals surface area contributed by atoms with Crippen LogP contribution >= 0.6 is 24.0 Å². The average molecular weight is 314 g/mol. The van der Waals surface area contributed by atoms with Crippen molar-refractivity contribution in [1.29, 1.82) is 0 Å². The molecular formula is C12H26NS2Zn-. The van der Waals surface area contributed by atoms with Crippen molar-refractivity contribution in [3.8, 4) is 0 Å². The van der Waals surface area contributed by atoms with Gasteiger partial charge in [0, 0.05) is 24.7 Å². The normalized spacial score (nSPS) is 9.06. The predicted octanol–water partition coefficient (Wildman–Crippen LogP) is 4.55. The maximum absolute atomic E-state index is 5.19. The zero-order chi connectivity index (χ0) is 12.1. The molecule has 0 heterocycles. The number of thioether (sulfide) groups is 1. The van der Waals surface area contributed by atoms with E-state index in [-0.39, 0.29) is 19.5 Å². The van der Waals surface area contributed by atoms with Crippen LogP contribution in [0.1, 0.15) is 59.3 Å². The van der Waals surface area contributed by atoms with Crippen molar-refractivity contribution >= 4 is 28.3 Å². The van der Waals surface area contributed by atoms with Gasteiger partial charge in [-0.1, -0.05) is 76.9 Å². The van der Waals surface area contributed by atoms with Gasteiger partial charge < -0.3 is 12.7 Å². The third-order valence-corrected chi connectivity index (χ3v) is 2.70. The Kier molecular flexibility index (Phi) is 25.2. The predicted molar refractivity (Wildman–Crippen MR) is 78.2 cm³/mol.